The number of nitrogens with zero attached hydrogens (tertiary/aromatic N) is 6. The molecule has 9 heteroatoms. The summed E-state index contributed by atoms with van der Waals surface area (Å²) in [5.41, 5.74) is 1.03. The van der Waals surface area contributed by atoms with Gasteiger partial charge in [-0.1, -0.05) is 6.07 Å². The molecule has 0 radical (unpaired) electrons. The van der Waals surface area contributed by atoms with Crippen LogP contribution in [0, 0.1) is 0 Å². The monoisotopic (exact) mass is 396 g/mol. The molecule has 3 rings (SSSR count). The number of nitrogens with one attached hydrogen (secondary N) is 2. The van der Waals surface area contributed by atoms with E-state index in [1.54, 1.807) is 31.7 Å². The van der Waals surface area contributed by atoms with Gasteiger partial charge in [-0.2, -0.15) is 0 Å². The van der Waals surface area contributed by atoms with Gasteiger partial charge in [0.15, 0.2) is 5.96 Å². The summed E-state index contributed by atoms with van der Waals surface area (Å²) >= 11 is 0. The van der Waals surface area contributed by atoms with E-state index in [0.717, 1.165) is 37.7 Å². The van der Waals surface area contributed by atoms with Crippen LogP contribution >= 0.6 is 0 Å². The Balaban J connectivity index is 1.33. The fraction of sp³-hybridized carbons (Fsp3) is 0.450. The lowest BCUT2D eigenvalue weighted by Gasteiger charge is -2.34. The lowest BCUT2D eigenvalue weighted by atomic mass is 10.2. The minimum Gasteiger partial charge on any atom is -0.356 e. The summed E-state index contributed by atoms with van der Waals surface area (Å²) in [6.45, 7) is 4.15. The van der Waals surface area contributed by atoms with E-state index in [9.17, 15) is 4.79 Å². The number of amides is 1. The largest absolute Gasteiger partial charge is 0.356 e. The van der Waals surface area contributed by atoms with E-state index in [1.165, 1.54) is 0 Å². The average molecular weight is 396 g/mol. The fourth-order valence-corrected chi connectivity index (χ4v) is 3.13. The predicted octanol–water partition coefficient (Wildman–Crippen LogP) is 0.318. The molecule has 29 heavy (non-hydrogen) atoms. The molecule has 0 unspecified atom stereocenters. The van der Waals surface area contributed by atoms with E-state index >= 15 is 0 Å². The molecule has 1 saturated heterocycles. The van der Waals surface area contributed by atoms with Crippen molar-refractivity contribution in [2.75, 3.05) is 51.2 Å². The van der Waals surface area contributed by atoms with Crippen molar-refractivity contribution in [3.63, 3.8) is 0 Å². The van der Waals surface area contributed by atoms with Gasteiger partial charge < -0.3 is 20.4 Å². The number of pyridine rings is 1. The predicted molar refractivity (Wildman–Crippen MR) is 113 cm³/mol. The summed E-state index contributed by atoms with van der Waals surface area (Å²) in [6, 6.07) is 7.69. The maximum absolute atomic E-state index is 12.5. The minimum atomic E-state index is 0.148. The summed E-state index contributed by atoms with van der Waals surface area (Å²) in [5.74, 6) is 1.57. The number of carbonyl (C=O) groups excluding carboxylic acids is 1. The standard InChI is InChI=1S/C20H28N8O/c1-21-19(23-11-6-17-5-2-3-8-22-17)24-12-7-18(29)27-13-15-28(16-14-27)20-25-9-4-10-26-20/h2-5,8-10H,6-7,11-16H2,1H3,(H2,21,23,24). The molecule has 1 fully saturated rings. The van der Waals surface area contributed by atoms with Gasteiger partial charge in [-0.25, -0.2) is 9.97 Å². The molecule has 1 aliphatic heterocycles. The molecule has 0 aromatic carbocycles. The number of anilines is 1. The van der Waals surface area contributed by atoms with Crippen LogP contribution in [0.2, 0.25) is 0 Å². The lowest BCUT2D eigenvalue weighted by molar-refractivity contribution is -0.131. The summed E-state index contributed by atoms with van der Waals surface area (Å²) in [5, 5.41) is 6.45. The molecule has 2 aromatic rings. The molecule has 9 nitrogen and oxygen atoms in total. The van der Waals surface area contributed by atoms with Crippen LogP contribution in [0.25, 0.3) is 0 Å². The zero-order valence-corrected chi connectivity index (χ0v) is 16.8. The topological polar surface area (TPSA) is 98.6 Å². The highest BCUT2D eigenvalue weighted by atomic mass is 16.2. The summed E-state index contributed by atoms with van der Waals surface area (Å²) < 4.78 is 0. The fourth-order valence-electron chi connectivity index (χ4n) is 3.13. The van der Waals surface area contributed by atoms with Gasteiger partial charge in [-0.15, -0.1) is 0 Å². The molecule has 1 aliphatic rings. The van der Waals surface area contributed by atoms with Crippen LogP contribution in [-0.2, 0) is 11.2 Å². The molecule has 2 aromatic heterocycles. The van der Waals surface area contributed by atoms with Crippen LogP contribution in [0.3, 0.4) is 0 Å². The number of hydrogen-bond acceptors (Lipinski definition) is 6. The van der Waals surface area contributed by atoms with Crippen molar-refractivity contribution >= 4 is 17.8 Å². The van der Waals surface area contributed by atoms with Crippen LogP contribution in [0.1, 0.15) is 12.1 Å². The van der Waals surface area contributed by atoms with E-state index in [2.05, 4.69) is 35.5 Å². The Kier molecular flexibility index (Phi) is 7.73. The molecule has 0 saturated carbocycles. The number of carbonyl (C=O) groups is 1. The Morgan fingerprint density at radius 2 is 1.72 bits per heavy atom. The Labute approximate surface area is 171 Å². The number of piperazine rings is 1. The third-order valence-corrected chi connectivity index (χ3v) is 4.72. The lowest BCUT2D eigenvalue weighted by Crippen LogP contribution is -2.50. The van der Waals surface area contributed by atoms with E-state index in [1.807, 2.05) is 23.1 Å². The molecular weight excluding hydrogens is 368 g/mol. The highest BCUT2D eigenvalue weighted by Gasteiger charge is 2.22. The van der Waals surface area contributed by atoms with Gasteiger partial charge in [0, 0.05) is 83.4 Å². The average Bonchev–Trinajstić information content (AvgIpc) is 2.79. The Morgan fingerprint density at radius 3 is 2.41 bits per heavy atom. The van der Waals surface area contributed by atoms with Crippen LogP contribution in [0.4, 0.5) is 5.95 Å². The second kappa shape index (κ2) is 10.9. The van der Waals surface area contributed by atoms with E-state index in [0.29, 0.717) is 32.0 Å². The second-order valence-corrected chi connectivity index (χ2v) is 6.66. The highest BCUT2D eigenvalue weighted by Crippen LogP contribution is 2.10. The molecule has 0 atom stereocenters. The van der Waals surface area contributed by atoms with E-state index in [-0.39, 0.29) is 5.91 Å². The summed E-state index contributed by atoms with van der Waals surface area (Å²) in [4.78, 5) is 33.5. The van der Waals surface area contributed by atoms with Crippen molar-refractivity contribution < 1.29 is 4.79 Å². The van der Waals surface area contributed by atoms with Gasteiger partial charge in [0.25, 0.3) is 0 Å². The first-order valence-corrected chi connectivity index (χ1v) is 9.90. The van der Waals surface area contributed by atoms with Gasteiger partial charge in [0.1, 0.15) is 0 Å². The van der Waals surface area contributed by atoms with Crippen molar-refractivity contribution in [2.45, 2.75) is 12.8 Å². The van der Waals surface area contributed by atoms with Crippen molar-refractivity contribution in [3.05, 3.63) is 48.5 Å². The Bertz CT molecular complexity index is 776. The highest BCUT2D eigenvalue weighted by molar-refractivity contribution is 5.81. The van der Waals surface area contributed by atoms with Crippen LogP contribution in [0.5, 0.6) is 0 Å². The molecule has 0 bridgehead atoms. The van der Waals surface area contributed by atoms with Crippen LogP contribution in [-0.4, -0.2) is 78.0 Å². The Morgan fingerprint density at radius 1 is 1.00 bits per heavy atom. The molecule has 2 N–H and O–H groups in total. The van der Waals surface area contributed by atoms with Crippen molar-refractivity contribution in [1.29, 1.82) is 0 Å². The maximum Gasteiger partial charge on any atom is 0.225 e. The number of aliphatic imine (C=N–C) groups is 1. The molecule has 154 valence electrons. The number of aromatic nitrogens is 3. The maximum atomic E-state index is 12.5. The zero-order chi connectivity index (χ0) is 20.3. The van der Waals surface area contributed by atoms with Crippen LogP contribution < -0.4 is 15.5 Å². The SMILES string of the molecule is CN=C(NCCC(=O)N1CCN(c2ncccn2)CC1)NCCc1ccccn1. The van der Waals surface area contributed by atoms with Crippen molar-refractivity contribution in [1.82, 2.24) is 30.5 Å². The van der Waals surface area contributed by atoms with Gasteiger partial charge in [-0.3, -0.25) is 14.8 Å². The quantitative estimate of drug-likeness (QED) is 0.514. The number of hydrogen-bond donors (Lipinski definition) is 2. The first-order valence-electron chi connectivity index (χ1n) is 9.90. The Hall–Kier alpha value is -3.23. The third-order valence-electron chi connectivity index (χ3n) is 4.72. The molecule has 0 spiro atoms. The molecular formula is C20H28N8O. The molecule has 3 heterocycles. The van der Waals surface area contributed by atoms with Gasteiger partial charge in [0.05, 0.1) is 0 Å². The zero-order valence-electron chi connectivity index (χ0n) is 16.8. The number of rotatable bonds is 7. The number of guanidine groups is 1. The summed E-state index contributed by atoms with van der Waals surface area (Å²) in [7, 11) is 1.72. The first kappa shape index (κ1) is 20.5. The molecule has 0 aliphatic carbocycles. The smallest absolute Gasteiger partial charge is 0.225 e. The normalized spacial score (nSPS) is 14.6. The second-order valence-electron chi connectivity index (χ2n) is 6.66. The minimum absolute atomic E-state index is 0.148. The van der Waals surface area contributed by atoms with Gasteiger partial charge >= 0.3 is 0 Å². The molecule has 1 amide bonds. The van der Waals surface area contributed by atoms with E-state index < -0.39 is 0 Å². The van der Waals surface area contributed by atoms with Gasteiger partial charge in [-0.05, 0) is 18.2 Å². The summed E-state index contributed by atoms with van der Waals surface area (Å²) in [6.07, 6.45) is 6.52. The van der Waals surface area contributed by atoms with Crippen LogP contribution in [0.15, 0.2) is 47.8 Å². The third kappa shape index (κ3) is 6.41. The van der Waals surface area contributed by atoms with E-state index in [4.69, 9.17) is 0 Å². The van der Waals surface area contributed by atoms with Crippen molar-refractivity contribution in [2.24, 2.45) is 4.99 Å². The van der Waals surface area contributed by atoms with Crippen molar-refractivity contribution in [3.8, 4) is 0 Å². The first-order chi connectivity index (χ1) is 14.3. The van der Waals surface area contributed by atoms with Gasteiger partial charge in [0.2, 0.25) is 11.9 Å².